The van der Waals surface area contributed by atoms with Crippen molar-refractivity contribution in [3.05, 3.63) is 81.3 Å². The highest BCUT2D eigenvalue weighted by atomic mass is 19.2. The fourth-order valence-corrected chi connectivity index (χ4v) is 3.86. The summed E-state index contributed by atoms with van der Waals surface area (Å²) in [6.45, 7) is 0.165. The van der Waals surface area contributed by atoms with Crippen LogP contribution in [-0.2, 0) is 22.6 Å². The minimum Gasteiger partial charge on any atom is -0.383 e. The molecular weight excluding hydrogens is 394 g/mol. The Hall–Kier alpha value is -3.10. The standard InChI is InChI=1S/C22H20F2N2O4/c1-26(22(29)19(27)7-12-5-3-2-4-6-12)18-11-30-10-17-20(18)13-8-15(23)16(24)9-14(13)21(28)25-17/h2-6,8-9,18-19,27H,7,10-11H2,1H3,(H,25,28)/t18-,19-/m1/s1. The smallest absolute Gasteiger partial charge is 0.256 e. The maximum Gasteiger partial charge on any atom is 0.256 e. The van der Waals surface area contributed by atoms with E-state index < -0.39 is 35.2 Å². The maximum absolute atomic E-state index is 14.0. The Kier molecular flexibility index (Phi) is 5.36. The second kappa shape index (κ2) is 7.97. The van der Waals surface area contributed by atoms with Gasteiger partial charge in [-0.1, -0.05) is 30.3 Å². The first-order chi connectivity index (χ1) is 14.4. The van der Waals surface area contributed by atoms with Gasteiger partial charge >= 0.3 is 0 Å². The van der Waals surface area contributed by atoms with Crippen LogP contribution in [0.4, 0.5) is 8.78 Å². The van der Waals surface area contributed by atoms with Crippen molar-refractivity contribution in [2.24, 2.45) is 0 Å². The molecule has 0 fully saturated rings. The molecule has 1 amide bonds. The van der Waals surface area contributed by atoms with Crippen LogP contribution in [0.5, 0.6) is 0 Å². The SMILES string of the molecule is CN(C(=O)[C@H](O)Cc1ccccc1)[C@@H]1COCc2[nH]c(=O)c3cc(F)c(F)cc3c21. The molecule has 0 saturated carbocycles. The van der Waals surface area contributed by atoms with Crippen LogP contribution in [0.3, 0.4) is 0 Å². The predicted molar refractivity (Wildman–Crippen MR) is 106 cm³/mol. The molecule has 3 aromatic rings. The van der Waals surface area contributed by atoms with Crippen LogP contribution in [-0.4, -0.2) is 40.7 Å². The highest BCUT2D eigenvalue weighted by Crippen LogP contribution is 2.34. The van der Waals surface area contributed by atoms with Crippen molar-refractivity contribution < 1.29 is 23.4 Å². The van der Waals surface area contributed by atoms with Crippen LogP contribution in [0, 0.1) is 11.6 Å². The van der Waals surface area contributed by atoms with Gasteiger partial charge < -0.3 is 19.7 Å². The third kappa shape index (κ3) is 3.59. The summed E-state index contributed by atoms with van der Waals surface area (Å²) in [5.74, 6) is -2.75. The van der Waals surface area contributed by atoms with Crippen LogP contribution in [0.25, 0.3) is 10.8 Å². The van der Waals surface area contributed by atoms with Gasteiger partial charge in [0, 0.05) is 24.7 Å². The summed E-state index contributed by atoms with van der Waals surface area (Å²) in [5, 5.41) is 10.7. The molecule has 1 aliphatic rings. The van der Waals surface area contributed by atoms with Crippen LogP contribution >= 0.6 is 0 Å². The molecule has 30 heavy (non-hydrogen) atoms. The largest absolute Gasteiger partial charge is 0.383 e. The monoisotopic (exact) mass is 414 g/mol. The molecule has 2 heterocycles. The molecule has 4 rings (SSSR count). The quantitative estimate of drug-likeness (QED) is 0.687. The Labute approximate surface area is 170 Å². The summed E-state index contributed by atoms with van der Waals surface area (Å²) in [6.07, 6.45) is -1.15. The van der Waals surface area contributed by atoms with Crippen LogP contribution in [0.15, 0.2) is 47.3 Å². The number of aliphatic hydroxyl groups is 1. The lowest BCUT2D eigenvalue weighted by Gasteiger charge is -2.34. The Bertz CT molecular complexity index is 1160. The fraction of sp³-hybridized carbons (Fsp3) is 0.273. The number of pyridine rings is 1. The number of rotatable bonds is 4. The van der Waals surface area contributed by atoms with Gasteiger partial charge in [0.15, 0.2) is 11.6 Å². The first kappa shape index (κ1) is 20.2. The number of carbonyl (C=O) groups excluding carboxylic acids is 1. The summed E-state index contributed by atoms with van der Waals surface area (Å²) in [6, 6.07) is 10.2. The van der Waals surface area contributed by atoms with Crippen LogP contribution in [0.1, 0.15) is 22.9 Å². The van der Waals surface area contributed by atoms with Crippen LogP contribution in [0.2, 0.25) is 0 Å². The number of nitrogens with one attached hydrogen (secondary N) is 1. The second-order valence-electron chi connectivity index (χ2n) is 7.34. The minimum atomic E-state index is -1.29. The molecule has 8 heteroatoms. The lowest BCUT2D eigenvalue weighted by molar-refractivity contribution is -0.143. The molecule has 1 aliphatic heterocycles. The lowest BCUT2D eigenvalue weighted by atomic mass is 9.95. The molecule has 0 unspecified atom stereocenters. The number of amides is 1. The van der Waals surface area contributed by atoms with Crippen molar-refractivity contribution in [3.8, 4) is 0 Å². The third-order valence-corrected chi connectivity index (χ3v) is 5.41. The third-order valence-electron chi connectivity index (χ3n) is 5.41. The van der Waals surface area contributed by atoms with E-state index in [1.165, 1.54) is 11.9 Å². The number of H-pyrrole nitrogens is 1. The average molecular weight is 414 g/mol. The number of fused-ring (bicyclic) bond motifs is 3. The van der Waals surface area contributed by atoms with E-state index in [2.05, 4.69) is 4.98 Å². The number of halogens is 2. The van der Waals surface area contributed by atoms with Crippen molar-refractivity contribution in [3.63, 3.8) is 0 Å². The summed E-state index contributed by atoms with van der Waals surface area (Å²) in [4.78, 5) is 29.2. The molecule has 2 N–H and O–H groups in total. The number of hydrogen-bond donors (Lipinski definition) is 2. The maximum atomic E-state index is 14.0. The highest BCUT2D eigenvalue weighted by Gasteiger charge is 2.33. The molecule has 6 nitrogen and oxygen atoms in total. The molecule has 0 radical (unpaired) electrons. The number of nitrogens with zero attached hydrogens (tertiary/aromatic N) is 1. The van der Waals surface area contributed by atoms with Gasteiger partial charge in [0.1, 0.15) is 6.10 Å². The highest BCUT2D eigenvalue weighted by molar-refractivity contribution is 5.88. The zero-order chi connectivity index (χ0) is 21.4. The van der Waals surface area contributed by atoms with Gasteiger partial charge in [-0.2, -0.15) is 0 Å². The number of likely N-dealkylation sites (N-methyl/N-ethyl adjacent to an activating group) is 1. The zero-order valence-corrected chi connectivity index (χ0v) is 16.2. The number of aromatic nitrogens is 1. The molecule has 2 atom stereocenters. The van der Waals surface area contributed by atoms with E-state index in [1.807, 2.05) is 30.3 Å². The summed E-state index contributed by atoms with van der Waals surface area (Å²) in [7, 11) is 1.51. The van der Waals surface area contributed by atoms with E-state index in [1.54, 1.807) is 0 Å². The molecule has 0 aliphatic carbocycles. The number of carbonyl (C=O) groups is 1. The summed E-state index contributed by atoms with van der Waals surface area (Å²) in [5.41, 5.74) is 1.12. The van der Waals surface area contributed by atoms with Crippen molar-refractivity contribution in [2.45, 2.75) is 25.2 Å². The zero-order valence-electron chi connectivity index (χ0n) is 16.2. The Balaban J connectivity index is 1.71. The normalized spacial score (nSPS) is 16.9. The number of ether oxygens (including phenoxy) is 1. The first-order valence-electron chi connectivity index (χ1n) is 9.47. The molecular formula is C22H20F2N2O4. The number of aromatic amines is 1. The van der Waals surface area contributed by atoms with Gasteiger partial charge in [0.05, 0.1) is 24.6 Å². The molecule has 0 bridgehead atoms. The summed E-state index contributed by atoms with van der Waals surface area (Å²) < 4.78 is 33.2. The van der Waals surface area contributed by atoms with Gasteiger partial charge in [0.2, 0.25) is 0 Å². The van der Waals surface area contributed by atoms with E-state index in [-0.39, 0.29) is 30.4 Å². The van der Waals surface area contributed by atoms with Crippen LogP contribution < -0.4 is 5.56 Å². The van der Waals surface area contributed by atoms with Gasteiger partial charge in [-0.25, -0.2) is 8.78 Å². The first-order valence-corrected chi connectivity index (χ1v) is 9.47. The van der Waals surface area contributed by atoms with E-state index in [0.717, 1.165) is 17.7 Å². The molecule has 156 valence electrons. The number of benzene rings is 2. The molecule has 0 spiro atoms. The van der Waals surface area contributed by atoms with E-state index in [0.29, 0.717) is 11.3 Å². The summed E-state index contributed by atoms with van der Waals surface area (Å²) >= 11 is 0. The average Bonchev–Trinajstić information content (AvgIpc) is 2.74. The lowest BCUT2D eigenvalue weighted by Crippen LogP contribution is -2.43. The molecule has 1 aromatic heterocycles. The Morgan fingerprint density at radius 1 is 1.23 bits per heavy atom. The number of hydrogen-bond acceptors (Lipinski definition) is 4. The van der Waals surface area contributed by atoms with Gasteiger partial charge in [0.25, 0.3) is 11.5 Å². The topological polar surface area (TPSA) is 82.6 Å². The van der Waals surface area contributed by atoms with Crippen molar-refractivity contribution in [2.75, 3.05) is 13.7 Å². The van der Waals surface area contributed by atoms with E-state index in [9.17, 15) is 23.5 Å². The second-order valence-corrected chi connectivity index (χ2v) is 7.34. The number of aliphatic hydroxyl groups excluding tert-OH is 1. The van der Waals surface area contributed by atoms with Gasteiger partial charge in [-0.05, 0) is 23.1 Å². The predicted octanol–water partition coefficient (Wildman–Crippen LogP) is 2.44. The molecule has 0 saturated heterocycles. The minimum absolute atomic E-state index is 0.00904. The fourth-order valence-electron chi connectivity index (χ4n) is 3.86. The van der Waals surface area contributed by atoms with E-state index >= 15 is 0 Å². The molecule has 2 aromatic carbocycles. The van der Waals surface area contributed by atoms with Gasteiger partial charge in [-0.3, -0.25) is 9.59 Å². The Morgan fingerprint density at radius 3 is 2.60 bits per heavy atom. The van der Waals surface area contributed by atoms with Gasteiger partial charge in [-0.15, -0.1) is 0 Å². The van der Waals surface area contributed by atoms with Crippen molar-refractivity contribution >= 4 is 16.7 Å². The van der Waals surface area contributed by atoms with Crippen molar-refractivity contribution in [1.29, 1.82) is 0 Å². The van der Waals surface area contributed by atoms with E-state index in [4.69, 9.17) is 4.74 Å². The van der Waals surface area contributed by atoms with Crippen molar-refractivity contribution in [1.82, 2.24) is 9.88 Å². The Morgan fingerprint density at radius 2 is 1.90 bits per heavy atom.